The molecule has 0 amide bonds. The van der Waals surface area contributed by atoms with E-state index in [1.54, 1.807) is 7.11 Å². The summed E-state index contributed by atoms with van der Waals surface area (Å²) in [5.41, 5.74) is 10.5. The second-order valence-electron chi connectivity index (χ2n) is 7.18. The number of hydrogen-bond donors (Lipinski definition) is 1. The van der Waals surface area contributed by atoms with Gasteiger partial charge in [0.1, 0.15) is 5.75 Å². The average Bonchev–Trinajstić information content (AvgIpc) is 3.20. The van der Waals surface area contributed by atoms with Gasteiger partial charge in [-0.15, -0.1) is 0 Å². The van der Waals surface area contributed by atoms with E-state index in [9.17, 15) is 0 Å². The molecule has 0 aliphatic heterocycles. The minimum Gasteiger partial charge on any atom is -0.496 e. The number of nitrogens with two attached hydrogens (primary N) is 1. The Morgan fingerprint density at radius 1 is 0.931 bits per heavy atom. The fourth-order valence-corrected chi connectivity index (χ4v) is 3.96. The van der Waals surface area contributed by atoms with Gasteiger partial charge in [0.15, 0.2) is 0 Å². The number of hydrogen-bond acceptors (Lipinski definition) is 2. The quantitative estimate of drug-likeness (QED) is 0.329. The molecule has 0 saturated carbocycles. The molecule has 0 spiro atoms. The molecule has 0 saturated heterocycles. The highest BCUT2D eigenvalue weighted by atomic mass is 16.5. The Bertz CT molecular complexity index is 1320. The second kappa shape index (κ2) is 6.67. The summed E-state index contributed by atoms with van der Waals surface area (Å²) in [5.74, 6) is 1.24. The zero-order chi connectivity index (χ0) is 20.0. The summed E-state index contributed by atoms with van der Waals surface area (Å²) >= 11 is 0. The van der Waals surface area contributed by atoms with Crippen molar-refractivity contribution in [2.75, 3.05) is 19.1 Å². The van der Waals surface area contributed by atoms with Gasteiger partial charge in [-0.2, -0.15) is 0 Å². The molecule has 4 aromatic carbocycles. The summed E-state index contributed by atoms with van der Waals surface area (Å²) in [4.78, 5) is 6.64. The van der Waals surface area contributed by atoms with Gasteiger partial charge in [-0.25, -0.2) is 4.99 Å². The van der Waals surface area contributed by atoms with Crippen molar-refractivity contribution in [1.29, 1.82) is 0 Å². The van der Waals surface area contributed by atoms with E-state index in [0.717, 1.165) is 33.5 Å². The van der Waals surface area contributed by atoms with Crippen molar-refractivity contribution in [3.8, 4) is 5.75 Å². The molecule has 1 aliphatic carbocycles. The van der Waals surface area contributed by atoms with E-state index < -0.39 is 0 Å². The fraction of sp³-hybridized carbons (Fsp3) is 0.0800. The van der Waals surface area contributed by atoms with Crippen molar-refractivity contribution in [2.24, 2.45) is 10.7 Å². The van der Waals surface area contributed by atoms with Crippen molar-refractivity contribution in [3.63, 3.8) is 0 Å². The van der Waals surface area contributed by atoms with E-state index in [2.05, 4.69) is 54.6 Å². The van der Waals surface area contributed by atoms with Crippen LogP contribution in [0.15, 0.2) is 71.7 Å². The molecular weight excluding hydrogens is 358 g/mol. The first kappa shape index (κ1) is 17.3. The van der Waals surface area contributed by atoms with Crippen LogP contribution in [-0.2, 0) is 0 Å². The van der Waals surface area contributed by atoms with Gasteiger partial charge in [0.05, 0.1) is 12.8 Å². The van der Waals surface area contributed by atoms with Crippen LogP contribution in [0.5, 0.6) is 5.75 Å². The summed E-state index contributed by atoms with van der Waals surface area (Å²) in [6.07, 6.45) is 4.24. The van der Waals surface area contributed by atoms with Crippen molar-refractivity contribution >= 4 is 51.0 Å². The largest absolute Gasteiger partial charge is 0.496 e. The number of guanidine groups is 1. The van der Waals surface area contributed by atoms with Crippen LogP contribution in [0.2, 0.25) is 0 Å². The van der Waals surface area contributed by atoms with Crippen LogP contribution < -0.4 is 15.4 Å². The highest BCUT2D eigenvalue weighted by Crippen LogP contribution is 2.37. The summed E-state index contributed by atoms with van der Waals surface area (Å²) < 4.78 is 5.59. The van der Waals surface area contributed by atoms with Crippen LogP contribution >= 0.6 is 0 Å². The SMILES string of the molecule is COc1cc(N(C)C(N)=Nc2ccc3cccc4c3c2C=C4)cc2ccccc12. The molecule has 0 bridgehead atoms. The third-order valence-electron chi connectivity index (χ3n) is 5.52. The number of benzene rings is 4. The van der Waals surface area contributed by atoms with Crippen molar-refractivity contribution in [2.45, 2.75) is 0 Å². The van der Waals surface area contributed by atoms with Gasteiger partial charge in [0.2, 0.25) is 5.96 Å². The minimum absolute atomic E-state index is 0.427. The fourth-order valence-electron chi connectivity index (χ4n) is 3.96. The number of rotatable bonds is 3. The van der Waals surface area contributed by atoms with Crippen LogP contribution in [0.25, 0.3) is 33.7 Å². The maximum absolute atomic E-state index is 6.41. The molecule has 0 radical (unpaired) electrons. The van der Waals surface area contributed by atoms with Crippen LogP contribution in [0.4, 0.5) is 11.4 Å². The Kier molecular flexibility index (Phi) is 3.98. The van der Waals surface area contributed by atoms with E-state index in [-0.39, 0.29) is 0 Å². The lowest BCUT2D eigenvalue weighted by Gasteiger charge is -2.20. The highest BCUT2D eigenvalue weighted by molar-refractivity contribution is 6.09. The molecule has 4 heteroatoms. The average molecular weight is 379 g/mol. The molecule has 0 aromatic heterocycles. The zero-order valence-electron chi connectivity index (χ0n) is 16.4. The predicted molar refractivity (Wildman–Crippen MR) is 123 cm³/mol. The zero-order valence-corrected chi connectivity index (χ0v) is 16.4. The predicted octanol–water partition coefficient (Wildman–Crippen LogP) is 5.57. The summed E-state index contributed by atoms with van der Waals surface area (Å²) in [7, 11) is 3.60. The van der Waals surface area contributed by atoms with Crippen molar-refractivity contribution in [1.82, 2.24) is 0 Å². The maximum Gasteiger partial charge on any atom is 0.200 e. The van der Waals surface area contributed by atoms with E-state index in [4.69, 9.17) is 15.5 Å². The molecule has 0 atom stereocenters. The first-order valence-corrected chi connectivity index (χ1v) is 9.54. The first-order valence-electron chi connectivity index (χ1n) is 9.54. The van der Waals surface area contributed by atoms with Crippen molar-refractivity contribution in [3.05, 3.63) is 77.9 Å². The summed E-state index contributed by atoms with van der Waals surface area (Å²) in [6, 6.07) is 22.7. The lowest BCUT2D eigenvalue weighted by molar-refractivity contribution is 0.420. The molecule has 0 heterocycles. The lowest BCUT2D eigenvalue weighted by atomic mass is 10.0. The third-order valence-corrected chi connectivity index (χ3v) is 5.52. The summed E-state index contributed by atoms with van der Waals surface area (Å²) in [6.45, 7) is 0. The molecule has 0 fully saturated rings. The van der Waals surface area contributed by atoms with Crippen LogP contribution in [0, 0.1) is 0 Å². The third kappa shape index (κ3) is 2.81. The Hall–Kier alpha value is -3.79. The number of fused-ring (bicyclic) bond motifs is 1. The molecule has 142 valence electrons. The molecule has 4 aromatic rings. The normalized spacial score (nSPS) is 12.7. The van der Waals surface area contributed by atoms with Crippen LogP contribution in [-0.4, -0.2) is 20.1 Å². The summed E-state index contributed by atoms with van der Waals surface area (Å²) in [5, 5.41) is 4.62. The van der Waals surface area contributed by atoms with Gasteiger partial charge in [-0.05, 0) is 33.9 Å². The van der Waals surface area contributed by atoms with Gasteiger partial charge < -0.3 is 15.4 Å². The van der Waals surface area contributed by atoms with Gasteiger partial charge >= 0.3 is 0 Å². The number of anilines is 1. The molecule has 29 heavy (non-hydrogen) atoms. The molecule has 5 rings (SSSR count). The topological polar surface area (TPSA) is 50.9 Å². The number of methoxy groups -OCH3 is 1. The second-order valence-corrected chi connectivity index (χ2v) is 7.18. The Balaban J connectivity index is 1.57. The van der Waals surface area contributed by atoms with Gasteiger partial charge in [-0.1, -0.05) is 60.7 Å². The molecular formula is C25H21N3O. The van der Waals surface area contributed by atoms with Crippen LogP contribution in [0.3, 0.4) is 0 Å². The van der Waals surface area contributed by atoms with E-state index in [1.807, 2.05) is 36.2 Å². The van der Waals surface area contributed by atoms with E-state index in [1.165, 1.54) is 16.3 Å². The van der Waals surface area contributed by atoms with Gasteiger partial charge in [0, 0.05) is 29.8 Å². The Morgan fingerprint density at radius 2 is 1.76 bits per heavy atom. The molecule has 1 aliphatic rings. The Morgan fingerprint density at radius 3 is 2.62 bits per heavy atom. The monoisotopic (exact) mass is 379 g/mol. The number of aliphatic imine (C=N–C) groups is 1. The van der Waals surface area contributed by atoms with Gasteiger partial charge in [-0.3, -0.25) is 0 Å². The standard InChI is InChI=1S/C25H21N3O/c1-28(19-14-18-6-3-4-9-20(18)23(15-19)29-2)25(26)27-22-13-11-17-8-5-7-16-10-12-21(22)24(16)17/h3-15H,1-2H3,(H2,26,27). The number of nitrogens with zero attached hydrogens (tertiary/aromatic N) is 2. The van der Waals surface area contributed by atoms with E-state index >= 15 is 0 Å². The van der Waals surface area contributed by atoms with Crippen molar-refractivity contribution < 1.29 is 4.74 Å². The lowest BCUT2D eigenvalue weighted by Crippen LogP contribution is -2.33. The van der Waals surface area contributed by atoms with E-state index in [0.29, 0.717) is 5.96 Å². The minimum atomic E-state index is 0.427. The van der Waals surface area contributed by atoms with Crippen LogP contribution in [0.1, 0.15) is 11.1 Å². The molecule has 4 nitrogen and oxygen atoms in total. The molecule has 0 unspecified atom stereocenters. The maximum atomic E-state index is 6.41. The molecule has 2 N–H and O–H groups in total. The Labute approximate surface area is 169 Å². The van der Waals surface area contributed by atoms with Gasteiger partial charge in [0.25, 0.3) is 0 Å². The smallest absolute Gasteiger partial charge is 0.200 e. The highest BCUT2D eigenvalue weighted by Gasteiger charge is 2.15. The first-order chi connectivity index (χ1) is 14.2. The number of ether oxygens (including phenoxy) is 1.